The highest BCUT2D eigenvalue weighted by molar-refractivity contribution is 5.91. The van der Waals surface area contributed by atoms with Gasteiger partial charge in [-0.25, -0.2) is 0 Å². The summed E-state index contributed by atoms with van der Waals surface area (Å²) in [5.41, 5.74) is -0.927. The van der Waals surface area contributed by atoms with E-state index >= 15 is 0 Å². The number of hydrogen-bond acceptors (Lipinski definition) is 4. The largest absolute Gasteiger partial charge is 0.377 e. The van der Waals surface area contributed by atoms with Gasteiger partial charge in [-0.3, -0.25) is 9.59 Å². The highest BCUT2D eigenvalue weighted by Crippen LogP contribution is 2.17. The van der Waals surface area contributed by atoms with E-state index in [1.165, 1.54) is 12.0 Å². The fraction of sp³-hybridized carbons (Fsp3) is 0.818. The van der Waals surface area contributed by atoms with Crippen LogP contribution in [0.2, 0.25) is 0 Å². The van der Waals surface area contributed by atoms with Crippen LogP contribution in [0.1, 0.15) is 13.8 Å². The average Bonchev–Trinajstić information content (AvgIpc) is 2.36. The van der Waals surface area contributed by atoms with Gasteiger partial charge in [-0.2, -0.15) is 0 Å². The summed E-state index contributed by atoms with van der Waals surface area (Å²) < 4.78 is 10.4. The molecule has 1 aliphatic rings. The standard InChI is InChI=1S/C11H20N2O4/c1-11(2,16-4)10(15)13-5-6-17-7-8(13)9(14)12-3/h8H,5-7H2,1-4H3,(H,12,14). The Kier molecular flexibility index (Phi) is 4.47. The van der Waals surface area contributed by atoms with Crippen molar-refractivity contribution in [3.63, 3.8) is 0 Å². The second kappa shape index (κ2) is 5.46. The lowest BCUT2D eigenvalue weighted by molar-refractivity contribution is -0.163. The molecule has 1 aliphatic heterocycles. The van der Waals surface area contributed by atoms with Crippen molar-refractivity contribution >= 4 is 11.8 Å². The lowest BCUT2D eigenvalue weighted by Crippen LogP contribution is -2.59. The van der Waals surface area contributed by atoms with Crippen LogP contribution in [0.4, 0.5) is 0 Å². The lowest BCUT2D eigenvalue weighted by Gasteiger charge is -2.38. The highest BCUT2D eigenvalue weighted by atomic mass is 16.5. The van der Waals surface area contributed by atoms with E-state index in [0.717, 1.165) is 0 Å². The van der Waals surface area contributed by atoms with E-state index in [1.807, 2.05) is 0 Å². The first-order chi connectivity index (χ1) is 7.94. The number of carbonyl (C=O) groups excluding carboxylic acids is 2. The van der Waals surface area contributed by atoms with Gasteiger partial charge >= 0.3 is 0 Å². The van der Waals surface area contributed by atoms with Gasteiger partial charge in [0.25, 0.3) is 5.91 Å². The minimum absolute atomic E-state index is 0.197. The quantitative estimate of drug-likeness (QED) is 0.719. The van der Waals surface area contributed by atoms with Crippen LogP contribution in [0.15, 0.2) is 0 Å². The van der Waals surface area contributed by atoms with E-state index in [2.05, 4.69) is 5.32 Å². The lowest BCUT2D eigenvalue weighted by atomic mass is 10.1. The van der Waals surface area contributed by atoms with Gasteiger partial charge < -0.3 is 19.7 Å². The first-order valence-corrected chi connectivity index (χ1v) is 5.59. The molecule has 1 saturated heterocycles. The van der Waals surface area contributed by atoms with Crippen LogP contribution >= 0.6 is 0 Å². The summed E-state index contributed by atoms with van der Waals surface area (Å²) in [5, 5.41) is 2.54. The number of rotatable bonds is 3. The molecule has 1 fully saturated rings. The minimum Gasteiger partial charge on any atom is -0.377 e. The van der Waals surface area contributed by atoms with Crippen LogP contribution in [-0.2, 0) is 19.1 Å². The Hall–Kier alpha value is -1.14. The molecule has 0 aromatic heterocycles. The number of ether oxygens (including phenoxy) is 2. The first-order valence-electron chi connectivity index (χ1n) is 5.59. The third-order valence-electron chi connectivity index (χ3n) is 2.96. The summed E-state index contributed by atoms with van der Waals surface area (Å²) in [6.07, 6.45) is 0. The fourth-order valence-corrected chi connectivity index (χ4v) is 1.66. The highest BCUT2D eigenvalue weighted by Gasteiger charge is 2.39. The van der Waals surface area contributed by atoms with Crippen molar-refractivity contribution in [3.8, 4) is 0 Å². The van der Waals surface area contributed by atoms with Crippen molar-refractivity contribution < 1.29 is 19.1 Å². The number of carbonyl (C=O) groups is 2. The molecule has 1 N–H and O–H groups in total. The predicted octanol–water partition coefficient (Wildman–Crippen LogP) is -0.615. The van der Waals surface area contributed by atoms with Gasteiger partial charge in [-0.05, 0) is 13.8 Å². The maximum absolute atomic E-state index is 12.2. The summed E-state index contributed by atoms with van der Waals surface area (Å²) in [6.45, 7) is 4.45. The van der Waals surface area contributed by atoms with Crippen molar-refractivity contribution in [3.05, 3.63) is 0 Å². The Morgan fingerprint density at radius 3 is 2.65 bits per heavy atom. The third kappa shape index (κ3) is 2.95. The van der Waals surface area contributed by atoms with Gasteiger partial charge in [-0.15, -0.1) is 0 Å². The van der Waals surface area contributed by atoms with Crippen LogP contribution in [0, 0.1) is 0 Å². The molecule has 17 heavy (non-hydrogen) atoms. The Balaban J connectivity index is 2.85. The van der Waals surface area contributed by atoms with Gasteiger partial charge in [0.05, 0.1) is 13.2 Å². The van der Waals surface area contributed by atoms with Crippen molar-refractivity contribution in [2.75, 3.05) is 33.9 Å². The molecule has 0 radical (unpaired) electrons. The summed E-state index contributed by atoms with van der Waals surface area (Å²) in [6, 6.07) is -0.573. The molecule has 1 rings (SSSR count). The SMILES string of the molecule is CNC(=O)C1COCCN1C(=O)C(C)(C)OC. The van der Waals surface area contributed by atoms with Gasteiger partial charge in [0, 0.05) is 20.7 Å². The number of morpholine rings is 1. The monoisotopic (exact) mass is 244 g/mol. The number of hydrogen-bond donors (Lipinski definition) is 1. The Labute approximate surface area is 101 Å². The summed E-state index contributed by atoms with van der Waals surface area (Å²) in [5.74, 6) is -0.415. The number of nitrogens with one attached hydrogen (secondary N) is 1. The zero-order valence-electron chi connectivity index (χ0n) is 10.8. The third-order valence-corrected chi connectivity index (χ3v) is 2.96. The van der Waals surface area contributed by atoms with Crippen molar-refractivity contribution in [2.45, 2.75) is 25.5 Å². The molecule has 0 aromatic rings. The topological polar surface area (TPSA) is 67.9 Å². The molecule has 0 bridgehead atoms. The van der Waals surface area contributed by atoms with Crippen LogP contribution in [0.25, 0.3) is 0 Å². The average molecular weight is 244 g/mol. The molecule has 6 heteroatoms. The predicted molar refractivity (Wildman–Crippen MR) is 61.5 cm³/mol. The molecule has 2 amide bonds. The molecular formula is C11H20N2O4. The molecular weight excluding hydrogens is 224 g/mol. The molecule has 98 valence electrons. The normalized spacial score (nSPS) is 21.2. The van der Waals surface area contributed by atoms with E-state index in [0.29, 0.717) is 13.2 Å². The Morgan fingerprint density at radius 1 is 1.47 bits per heavy atom. The smallest absolute Gasteiger partial charge is 0.255 e. The van der Waals surface area contributed by atoms with Gasteiger partial charge in [0.1, 0.15) is 11.6 Å². The molecule has 1 atom stereocenters. The molecule has 6 nitrogen and oxygen atoms in total. The molecule has 0 aliphatic carbocycles. The molecule has 1 unspecified atom stereocenters. The van der Waals surface area contributed by atoms with Crippen LogP contribution in [0.5, 0.6) is 0 Å². The van der Waals surface area contributed by atoms with Crippen LogP contribution in [-0.4, -0.2) is 62.3 Å². The zero-order valence-corrected chi connectivity index (χ0v) is 10.8. The van der Waals surface area contributed by atoms with E-state index < -0.39 is 11.6 Å². The van der Waals surface area contributed by atoms with Crippen molar-refractivity contribution in [1.82, 2.24) is 10.2 Å². The summed E-state index contributed by atoms with van der Waals surface area (Å²) in [7, 11) is 3.02. The van der Waals surface area contributed by atoms with Crippen LogP contribution < -0.4 is 5.32 Å². The molecule has 1 heterocycles. The second-order valence-electron chi connectivity index (χ2n) is 4.42. The Morgan fingerprint density at radius 2 is 2.12 bits per heavy atom. The van der Waals surface area contributed by atoms with E-state index in [9.17, 15) is 9.59 Å². The van der Waals surface area contributed by atoms with Gasteiger partial charge in [0.15, 0.2) is 0 Å². The summed E-state index contributed by atoms with van der Waals surface area (Å²) in [4.78, 5) is 25.4. The molecule has 0 spiro atoms. The van der Waals surface area contributed by atoms with Crippen LogP contribution in [0.3, 0.4) is 0 Å². The van der Waals surface area contributed by atoms with E-state index in [1.54, 1.807) is 20.9 Å². The van der Waals surface area contributed by atoms with Gasteiger partial charge in [0.2, 0.25) is 5.91 Å². The number of likely N-dealkylation sites (N-methyl/N-ethyl adjacent to an activating group) is 1. The zero-order chi connectivity index (χ0) is 13.1. The maximum atomic E-state index is 12.2. The first kappa shape index (κ1) is 13.9. The Bertz CT molecular complexity index is 304. The van der Waals surface area contributed by atoms with Crippen molar-refractivity contribution in [1.29, 1.82) is 0 Å². The fourth-order valence-electron chi connectivity index (χ4n) is 1.66. The molecule has 0 aromatic carbocycles. The maximum Gasteiger partial charge on any atom is 0.255 e. The second-order valence-corrected chi connectivity index (χ2v) is 4.42. The minimum atomic E-state index is -0.927. The molecule has 0 saturated carbocycles. The van der Waals surface area contributed by atoms with Crippen molar-refractivity contribution in [2.24, 2.45) is 0 Å². The van der Waals surface area contributed by atoms with Gasteiger partial charge in [-0.1, -0.05) is 0 Å². The summed E-state index contributed by atoms with van der Waals surface area (Å²) >= 11 is 0. The van der Waals surface area contributed by atoms with E-state index in [-0.39, 0.29) is 18.4 Å². The van der Waals surface area contributed by atoms with E-state index in [4.69, 9.17) is 9.47 Å². The number of nitrogens with zero attached hydrogens (tertiary/aromatic N) is 1. The number of amides is 2. The number of methoxy groups -OCH3 is 1.